The highest BCUT2D eigenvalue weighted by Crippen LogP contribution is 2.27. The third kappa shape index (κ3) is 4.88. The molecule has 2 fully saturated rings. The van der Waals surface area contributed by atoms with Crippen LogP contribution in [0.5, 0.6) is 0 Å². The highest BCUT2D eigenvalue weighted by molar-refractivity contribution is 5.85. The number of rotatable bonds is 3. The Labute approximate surface area is 163 Å². The van der Waals surface area contributed by atoms with Crippen LogP contribution in [0.15, 0.2) is 30.3 Å². The molecule has 1 amide bonds. The van der Waals surface area contributed by atoms with Crippen molar-refractivity contribution in [2.45, 2.75) is 51.2 Å². The number of carbonyl (C=O) groups is 1. The summed E-state index contributed by atoms with van der Waals surface area (Å²) >= 11 is 0. The van der Waals surface area contributed by atoms with Crippen LogP contribution in [-0.4, -0.2) is 47.4 Å². The smallest absolute Gasteiger partial charge is 0.227 e. The van der Waals surface area contributed by atoms with Gasteiger partial charge in [-0.3, -0.25) is 9.69 Å². The molecular weight excluding hydrogens is 357 g/mol. The Hall–Kier alpha value is -0.810. The number of piperidine rings is 1. The Morgan fingerprint density at radius 2 is 1.84 bits per heavy atom. The maximum Gasteiger partial charge on any atom is 0.227 e. The summed E-state index contributed by atoms with van der Waals surface area (Å²) in [6.45, 7) is 7.20. The van der Waals surface area contributed by atoms with Crippen molar-refractivity contribution in [2.24, 2.45) is 11.7 Å². The zero-order valence-corrected chi connectivity index (χ0v) is 16.8. The van der Waals surface area contributed by atoms with Gasteiger partial charge in [-0.25, -0.2) is 0 Å². The topological polar surface area (TPSA) is 49.6 Å². The summed E-state index contributed by atoms with van der Waals surface area (Å²) in [6.07, 6.45) is 3.80. The predicted molar refractivity (Wildman–Crippen MR) is 107 cm³/mol. The number of piperazine rings is 1. The Morgan fingerprint density at radius 3 is 2.52 bits per heavy atom. The zero-order valence-electron chi connectivity index (χ0n) is 15.1. The van der Waals surface area contributed by atoms with Gasteiger partial charge >= 0.3 is 0 Å². The fourth-order valence-electron chi connectivity index (χ4n) is 4.04. The standard InChI is InChI=1S/C19H29N3O.2ClH/c1-14-12-21-11-7-6-10-17(21)13-22(14)19(23)15(2)18(20)16-8-4-3-5-9-16;;/h3-5,8-9,14-15,17-18H,6-7,10-13,20H2,1-2H3;2*1H. The van der Waals surface area contributed by atoms with Crippen molar-refractivity contribution in [2.75, 3.05) is 19.6 Å². The maximum atomic E-state index is 13.0. The molecule has 2 heterocycles. The number of halogens is 2. The second-order valence-electron chi connectivity index (χ2n) is 7.21. The molecule has 1 aromatic rings. The fourth-order valence-corrected chi connectivity index (χ4v) is 4.04. The predicted octanol–water partition coefficient (Wildman–Crippen LogP) is 3.25. The third-order valence-corrected chi connectivity index (χ3v) is 5.58. The molecule has 2 aliphatic heterocycles. The number of nitrogens with zero attached hydrogens (tertiary/aromatic N) is 2. The molecule has 6 heteroatoms. The Morgan fingerprint density at radius 1 is 1.16 bits per heavy atom. The lowest BCUT2D eigenvalue weighted by Gasteiger charge is -2.48. The number of fused-ring (bicyclic) bond motifs is 1. The summed E-state index contributed by atoms with van der Waals surface area (Å²) in [5, 5.41) is 0. The monoisotopic (exact) mass is 387 g/mol. The normalized spacial score (nSPS) is 25.8. The van der Waals surface area contributed by atoms with Crippen molar-refractivity contribution in [1.82, 2.24) is 9.80 Å². The van der Waals surface area contributed by atoms with Gasteiger partial charge in [0.05, 0.1) is 5.92 Å². The number of amides is 1. The summed E-state index contributed by atoms with van der Waals surface area (Å²) in [4.78, 5) is 17.7. The zero-order chi connectivity index (χ0) is 16.4. The molecule has 0 aromatic heterocycles. The van der Waals surface area contributed by atoms with Crippen molar-refractivity contribution >= 4 is 30.7 Å². The summed E-state index contributed by atoms with van der Waals surface area (Å²) in [6, 6.07) is 10.6. The van der Waals surface area contributed by atoms with Gasteiger partial charge in [-0.15, -0.1) is 24.8 Å². The molecule has 0 spiro atoms. The Kier molecular flexibility index (Phi) is 8.69. The summed E-state index contributed by atoms with van der Waals surface area (Å²) in [5.41, 5.74) is 7.40. The molecule has 4 atom stereocenters. The van der Waals surface area contributed by atoms with Crippen molar-refractivity contribution in [3.63, 3.8) is 0 Å². The molecule has 2 saturated heterocycles. The van der Waals surface area contributed by atoms with Crippen LogP contribution in [-0.2, 0) is 4.79 Å². The molecule has 4 nitrogen and oxygen atoms in total. The summed E-state index contributed by atoms with van der Waals surface area (Å²) in [7, 11) is 0. The highest BCUT2D eigenvalue weighted by atomic mass is 35.5. The van der Waals surface area contributed by atoms with Crippen LogP contribution in [0.25, 0.3) is 0 Å². The van der Waals surface area contributed by atoms with Crippen molar-refractivity contribution in [3.05, 3.63) is 35.9 Å². The lowest BCUT2D eigenvalue weighted by atomic mass is 9.91. The molecule has 4 unspecified atom stereocenters. The molecule has 25 heavy (non-hydrogen) atoms. The third-order valence-electron chi connectivity index (χ3n) is 5.58. The minimum Gasteiger partial charge on any atom is -0.337 e. The summed E-state index contributed by atoms with van der Waals surface area (Å²) < 4.78 is 0. The number of carbonyl (C=O) groups excluding carboxylic acids is 1. The van der Waals surface area contributed by atoms with Crippen LogP contribution in [0.4, 0.5) is 0 Å². The number of hydrogen-bond acceptors (Lipinski definition) is 3. The molecule has 0 aliphatic carbocycles. The fraction of sp³-hybridized carbons (Fsp3) is 0.632. The van der Waals surface area contributed by atoms with Crippen LogP contribution >= 0.6 is 24.8 Å². The molecule has 2 aliphatic rings. The molecule has 2 N–H and O–H groups in total. The van der Waals surface area contributed by atoms with Gasteiger partial charge < -0.3 is 10.6 Å². The van der Waals surface area contributed by atoms with E-state index in [0.717, 1.165) is 18.7 Å². The number of hydrogen-bond donors (Lipinski definition) is 1. The average molecular weight is 388 g/mol. The van der Waals surface area contributed by atoms with Crippen molar-refractivity contribution in [1.29, 1.82) is 0 Å². The number of benzene rings is 1. The second kappa shape index (κ2) is 9.77. The minimum atomic E-state index is -0.236. The van der Waals surface area contributed by atoms with E-state index in [0.29, 0.717) is 6.04 Å². The lowest BCUT2D eigenvalue weighted by molar-refractivity contribution is -0.142. The molecule has 142 valence electrons. The largest absolute Gasteiger partial charge is 0.337 e. The van der Waals surface area contributed by atoms with Gasteiger partial charge in [-0.1, -0.05) is 43.7 Å². The first kappa shape index (κ1) is 22.2. The first-order chi connectivity index (χ1) is 11.1. The number of nitrogens with two attached hydrogens (primary N) is 1. The van der Waals surface area contributed by atoms with E-state index < -0.39 is 0 Å². The van der Waals surface area contributed by atoms with E-state index in [2.05, 4.69) is 16.7 Å². The van der Waals surface area contributed by atoms with Gasteiger partial charge in [0.15, 0.2) is 0 Å². The quantitative estimate of drug-likeness (QED) is 0.865. The first-order valence-corrected chi connectivity index (χ1v) is 8.93. The van der Waals surface area contributed by atoms with E-state index in [4.69, 9.17) is 5.73 Å². The van der Waals surface area contributed by atoms with E-state index in [1.807, 2.05) is 37.3 Å². The van der Waals surface area contributed by atoms with Gasteiger partial charge in [0, 0.05) is 31.2 Å². The van der Waals surface area contributed by atoms with Gasteiger partial charge in [0.1, 0.15) is 0 Å². The Bertz CT molecular complexity index is 543. The lowest BCUT2D eigenvalue weighted by Crippen LogP contribution is -2.61. The van der Waals surface area contributed by atoms with Gasteiger partial charge in [0.25, 0.3) is 0 Å². The SMILES string of the molecule is CC(C(=O)N1CC2CCCCN2CC1C)C(N)c1ccccc1.Cl.Cl. The average Bonchev–Trinajstić information content (AvgIpc) is 2.60. The molecule has 3 rings (SSSR count). The van der Waals surface area contributed by atoms with E-state index in [1.165, 1.54) is 25.8 Å². The molecule has 0 radical (unpaired) electrons. The van der Waals surface area contributed by atoms with E-state index >= 15 is 0 Å². The van der Waals surface area contributed by atoms with Crippen LogP contribution < -0.4 is 5.73 Å². The van der Waals surface area contributed by atoms with Crippen molar-refractivity contribution in [3.8, 4) is 0 Å². The van der Waals surface area contributed by atoms with Crippen molar-refractivity contribution < 1.29 is 4.79 Å². The first-order valence-electron chi connectivity index (χ1n) is 8.93. The molecular formula is C19H31Cl2N3O. The maximum absolute atomic E-state index is 13.0. The van der Waals surface area contributed by atoms with Crippen LogP contribution in [0.1, 0.15) is 44.7 Å². The minimum absolute atomic E-state index is 0. The van der Waals surface area contributed by atoms with Crippen LogP contribution in [0.2, 0.25) is 0 Å². The van der Waals surface area contributed by atoms with Crippen LogP contribution in [0.3, 0.4) is 0 Å². The second-order valence-corrected chi connectivity index (χ2v) is 7.21. The van der Waals surface area contributed by atoms with Gasteiger partial charge in [-0.05, 0) is 31.9 Å². The Balaban J connectivity index is 0.00000156. The van der Waals surface area contributed by atoms with E-state index in [1.54, 1.807) is 0 Å². The highest BCUT2D eigenvalue weighted by Gasteiger charge is 2.37. The van der Waals surface area contributed by atoms with Crippen LogP contribution in [0, 0.1) is 5.92 Å². The van der Waals surface area contributed by atoms with Gasteiger partial charge in [0.2, 0.25) is 5.91 Å². The van der Waals surface area contributed by atoms with E-state index in [-0.39, 0.29) is 48.7 Å². The van der Waals surface area contributed by atoms with Gasteiger partial charge in [-0.2, -0.15) is 0 Å². The van der Waals surface area contributed by atoms with E-state index in [9.17, 15) is 4.79 Å². The molecule has 1 aromatic carbocycles. The molecule has 0 saturated carbocycles. The summed E-state index contributed by atoms with van der Waals surface area (Å²) in [5.74, 6) is 0.0223. The molecule has 0 bridgehead atoms.